The molecule has 0 bridgehead atoms. The second-order valence-corrected chi connectivity index (χ2v) is 11.5. The van der Waals surface area contributed by atoms with Gasteiger partial charge in [-0.15, -0.1) is 0 Å². The minimum absolute atomic E-state index is 0.103. The third-order valence-electron chi connectivity index (χ3n) is 6.86. The second-order valence-electron chi connectivity index (χ2n) is 11.5. The van der Waals surface area contributed by atoms with E-state index in [1.165, 1.54) is 4.90 Å². The molecule has 2 aliphatic heterocycles. The summed E-state index contributed by atoms with van der Waals surface area (Å²) >= 11 is 0. The van der Waals surface area contributed by atoms with Crippen LogP contribution in [0.3, 0.4) is 0 Å². The standard InChI is InChI=1S/C28H39FN6O4/c1-18(2)22-17-38-27(37)35(22)24-15-23(29)31-25(32-24)30-19(3)21-9-7-20(8-10-21)16-33-11-13-34(14-12-33)26(36)39-28(4,5)6/h7-10,15,18-19,22H,11-14,16-17H2,1-6H3,(H,30,31,32)/t19-,22?/m0/s1. The van der Waals surface area contributed by atoms with Gasteiger partial charge in [-0.2, -0.15) is 14.4 Å². The maximum atomic E-state index is 14.4. The molecule has 10 nitrogen and oxygen atoms in total. The number of nitrogens with one attached hydrogen (secondary N) is 1. The summed E-state index contributed by atoms with van der Waals surface area (Å²) in [5.74, 6) is -0.316. The average molecular weight is 543 g/mol. The van der Waals surface area contributed by atoms with Gasteiger partial charge in [0.15, 0.2) is 0 Å². The lowest BCUT2D eigenvalue weighted by atomic mass is 10.0. The highest BCUT2D eigenvalue weighted by Crippen LogP contribution is 2.27. The highest BCUT2D eigenvalue weighted by molar-refractivity contribution is 5.89. The fourth-order valence-electron chi connectivity index (χ4n) is 4.65. The Morgan fingerprint density at radius 2 is 1.79 bits per heavy atom. The van der Waals surface area contributed by atoms with Crippen molar-refractivity contribution in [2.45, 2.75) is 65.8 Å². The number of carbonyl (C=O) groups is 2. The molecule has 2 atom stereocenters. The Labute approximate surface area is 229 Å². The van der Waals surface area contributed by atoms with Crippen LogP contribution in [0, 0.1) is 11.9 Å². The van der Waals surface area contributed by atoms with Crippen LogP contribution in [0.2, 0.25) is 0 Å². The predicted molar refractivity (Wildman–Crippen MR) is 146 cm³/mol. The quantitative estimate of drug-likeness (QED) is 0.497. The molecular formula is C28H39FN6O4. The number of anilines is 2. The largest absolute Gasteiger partial charge is 0.447 e. The van der Waals surface area contributed by atoms with Crippen LogP contribution >= 0.6 is 0 Å². The van der Waals surface area contributed by atoms with Crippen molar-refractivity contribution in [3.8, 4) is 0 Å². The van der Waals surface area contributed by atoms with E-state index in [-0.39, 0.29) is 42.5 Å². The summed E-state index contributed by atoms with van der Waals surface area (Å²) in [6.07, 6.45) is -0.796. The fraction of sp³-hybridized carbons (Fsp3) is 0.571. The van der Waals surface area contributed by atoms with E-state index in [9.17, 15) is 14.0 Å². The Kier molecular flexibility index (Phi) is 8.58. The van der Waals surface area contributed by atoms with Crippen LogP contribution in [0.4, 0.5) is 25.7 Å². The third kappa shape index (κ3) is 7.35. The molecule has 1 N–H and O–H groups in total. The van der Waals surface area contributed by atoms with Gasteiger partial charge in [-0.25, -0.2) is 9.59 Å². The Hall–Kier alpha value is -3.47. The van der Waals surface area contributed by atoms with Gasteiger partial charge in [0.1, 0.15) is 18.0 Å². The summed E-state index contributed by atoms with van der Waals surface area (Å²) in [5.41, 5.74) is 1.65. The zero-order valence-electron chi connectivity index (χ0n) is 23.6. The SMILES string of the molecule is CC(C)C1COC(=O)N1c1cc(F)nc(N[C@@H](C)c2ccc(CN3CCN(C(=O)OC(C)(C)C)CC3)cc2)n1. The first-order chi connectivity index (χ1) is 18.4. The molecule has 0 radical (unpaired) electrons. The molecule has 2 aliphatic rings. The number of hydrogen-bond donors (Lipinski definition) is 1. The summed E-state index contributed by atoms with van der Waals surface area (Å²) in [4.78, 5) is 38.4. The van der Waals surface area contributed by atoms with E-state index in [0.29, 0.717) is 13.1 Å². The first-order valence-electron chi connectivity index (χ1n) is 13.5. The van der Waals surface area contributed by atoms with Crippen LogP contribution in [-0.2, 0) is 16.0 Å². The first kappa shape index (κ1) is 28.5. The summed E-state index contributed by atoms with van der Waals surface area (Å²) in [7, 11) is 0. The number of aromatic nitrogens is 2. The van der Waals surface area contributed by atoms with E-state index < -0.39 is 17.6 Å². The van der Waals surface area contributed by atoms with Crippen LogP contribution in [0.25, 0.3) is 0 Å². The van der Waals surface area contributed by atoms with Gasteiger partial charge in [-0.3, -0.25) is 9.80 Å². The number of ether oxygens (including phenoxy) is 2. The van der Waals surface area contributed by atoms with Crippen molar-refractivity contribution < 1.29 is 23.5 Å². The number of halogens is 1. The summed E-state index contributed by atoms with van der Waals surface area (Å²) in [5, 5.41) is 3.15. The van der Waals surface area contributed by atoms with Gasteiger partial charge in [0.2, 0.25) is 11.9 Å². The number of hydrogen-bond acceptors (Lipinski definition) is 8. The lowest BCUT2D eigenvalue weighted by Crippen LogP contribution is -2.49. The summed E-state index contributed by atoms with van der Waals surface area (Å²) < 4.78 is 25.1. The van der Waals surface area contributed by atoms with E-state index in [2.05, 4.69) is 32.3 Å². The normalized spacial score (nSPS) is 19.3. The number of rotatable bonds is 7. The van der Waals surface area contributed by atoms with Crippen molar-refractivity contribution in [2.24, 2.45) is 5.92 Å². The van der Waals surface area contributed by atoms with Crippen molar-refractivity contribution in [1.29, 1.82) is 0 Å². The van der Waals surface area contributed by atoms with Gasteiger partial charge in [0.25, 0.3) is 0 Å². The smallest absolute Gasteiger partial charge is 0.415 e. The zero-order chi connectivity index (χ0) is 28.3. The number of benzene rings is 1. The van der Waals surface area contributed by atoms with Crippen molar-refractivity contribution in [2.75, 3.05) is 43.0 Å². The molecular weight excluding hydrogens is 503 g/mol. The molecule has 2 saturated heterocycles. The monoisotopic (exact) mass is 542 g/mol. The molecule has 11 heteroatoms. The number of nitrogens with zero attached hydrogens (tertiary/aromatic N) is 5. The van der Waals surface area contributed by atoms with Gasteiger partial charge >= 0.3 is 12.2 Å². The molecule has 39 heavy (non-hydrogen) atoms. The lowest BCUT2D eigenvalue weighted by molar-refractivity contribution is 0.0139. The van der Waals surface area contributed by atoms with E-state index in [1.807, 2.05) is 53.7 Å². The molecule has 2 aromatic rings. The van der Waals surface area contributed by atoms with E-state index in [1.54, 1.807) is 4.90 Å². The molecule has 0 saturated carbocycles. The van der Waals surface area contributed by atoms with Crippen molar-refractivity contribution in [1.82, 2.24) is 19.8 Å². The highest BCUT2D eigenvalue weighted by atomic mass is 19.1. The Morgan fingerprint density at radius 3 is 2.41 bits per heavy atom. The molecule has 4 rings (SSSR count). The molecule has 2 fully saturated rings. The molecule has 1 unspecified atom stereocenters. The minimum Gasteiger partial charge on any atom is -0.447 e. The van der Waals surface area contributed by atoms with Crippen LogP contribution in [-0.4, -0.2) is 76.4 Å². The van der Waals surface area contributed by atoms with Crippen LogP contribution in [0.5, 0.6) is 0 Å². The third-order valence-corrected chi connectivity index (χ3v) is 6.86. The highest BCUT2D eigenvalue weighted by Gasteiger charge is 2.37. The number of cyclic esters (lactones) is 1. The predicted octanol–water partition coefficient (Wildman–Crippen LogP) is 4.82. The van der Waals surface area contributed by atoms with Crippen LogP contribution in [0.15, 0.2) is 30.3 Å². The maximum absolute atomic E-state index is 14.4. The Morgan fingerprint density at radius 1 is 1.13 bits per heavy atom. The number of piperazine rings is 1. The van der Waals surface area contributed by atoms with Gasteiger partial charge in [0.05, 0.1) is 12.1 Å². The maximum Gasteiger partial charge on any atom is 0.415 e. The first-order valence-corrected chi connectivity index (χ1v) is 13.5. The molecule has 1 aromatic heterocycles. The second kappa shape index (κ2) is 11.7. The van der Waals surface area contributed by atoms with E-state index >= 15 is 0 Å². The summed E-state index contributed by atoms with van der Waals surface area (Å²) in [6, 6.07) is 8.92. The van der Waals surface area contributed by atoms with Gasteiger partial charge in [-0.05, 0) is 44.7 Å². The topological polar surface area (TPSA) is 100 Å². The van der Waals surface area contributed by atoms with Gasteiger partial charge in [0, 0.05) is 38.8 Å². The van der Waals surface area contributed by atoms with Crippen LogP contribution < -0.4 is 10.2 Å². The number of amides is 2. The molecule has 2 amide bonds. The van der Waals surface area contributed by atoms with Gasteiger partial charge in [-0.1, -0.05) is 38.1 Å². The van der Waals surface area contributed by atoms with Crippen molar-refractivity contribution >= 4 is 24.0 Å². The Balaban J connectivity index is 1.34. The van der Waals surface area contributed by atoms with Crippen molar-refractivity contribution in [3.05, 3.63) is 47.4 Å². The van der Waals surface area contributed by atoms with Crippen LogP contribution in [0.1, 0.15) is 58.7 Å². The average Bonchev–Trinajstić information content (AvgIpc) is 3.25. The number of carbonyl (C=O) groups excluding carboxylic acids is 2. The fourth-order valence-corrected chi connectivity index (χ4v) is 4.65. The van der Waals surface area contributed by atoms with E-state index in [4.69, 9.17) is 9.47 Å². The van der Waals surface area contributed by atoms with Crippen molar-refractivity contribution in [3.63, 3.8) is 0 Å². The van der Waals surface area contributed by atoms with Gasteiger partial charge < -0.3 is 19.7 Å². The molecule has 1 aromatic carbocycles. The molecule has 0 aliphatic carbocycles. The summed E-state index contributed by atoms with van der Waals surface area (Å²) in [6.45, 7) is 15.4. The Bertz CT molecular complexity index is 1160. The lowest BCUT2D eigenvalue weighted by Gasteiger charge is -2.35. The minimum atomic E-state index is -0.723. The zero-order valence-corrected chi connectivity index (χ0v) is 23.6. The molecule has 0 spiro atoms. The molecule has 212 valence electrons. The van der Waals surface area contributed by atoms with E-state index in [0.717, 1.165) is 36.8 Å². The molecule has 3 heterocycles.